The van der Waals surface area contributed by atoms with Gasteiger partial charge in [-0.2, -0.15) is 0 Å². The third-order valence-corrected chi connectivity index (χ3v) is 5.60. The number of benzene rings is 3. The van der Waals surface area contributed by atoms with E-state index < -0.39 is 4.92 Å². The summed E-state index contributed by atoms with van der Waals surface area (Å²) in [6.45, 7) is 0. The van der Waals surface area contributed by atoms with Crippen LogP contribution in [0.15, 0.2) is 84.0 Å². The van der Waals surface area contributed by atoms with Crippen molar-refractivity contribution in [2.45, 2.75) is 5.16 Å². The highest BCUT2D eigenvalue weighted by Gasteiger charge is 2.16. The maximum Gasteiger partial charge on any atom is 0.273 e. The molecule has 3 aromatic carbocycles. The molecular weight excluding hydrogens is 454 g/mol. The summed E-state index contributed by atoms with van der Waals surface area (Å²) in [5.74, 6) is -0.126. The zero-order valence-electron chi connectivity index (χ0n) is 18.0. The summed E-state index contributed by atoms with van der Waals surface area (Å²) in [5.41, 5.74) is 3.30. The average Bonchev–Trinajstić information content (AvgIpc) is 2.88. The number of thioether (sulfide) groups is 1. The molecule has 1 heterocycles. The van der Waals surface area contributed by atoms with Gasteiger partial charge in [-0.1, -0.05) is 72.4 Å². The maximum atomic E-state index is 12.5. The van der Waals surface area contributed by atoms with E-state index >= 15 is 0 Å². The SMILES string of the molecule is COc1cc([N+](=O)[O-])ccc1NC(=O)CSc1nnc(-c2ccccc2)c(-c2ccccc2)n1. The fourth-order valence-corrected chi connectivity index (χ4v) is 3.76. The number of rotatable bonds is 8. The maximum absolute atomic E-state index is 12.5. The van der Waals surface area contributed by atoms with Gasteiger partial charge in [0.1, 0.15) is 17.1 Å². The van der Waals surface area contributed by atoms with Crippen LogP contribution < -0.4 is 10.1 Å². The average molecular weight is 474 g/mol. The highest BCUT2D eigenvalue weighted by Crippen LogP contribution is 2.31. The Morgan fingerprint density at radius 2 is 1.62 bits per heavy atom. The number of methoxy groups -OCH3 is 1. The number of anilines is 1. The third kappa shape index (κ3) is 5.36. The highest BCUT2D eigenvalue weighted by molar-refractivity contribution is 7.99. The topological polar surface area (TPSA) is 120 Å². The van der Waals surface area contributed by atoms with Gasteiger partial charge in [-0.3, -0.25) is 14.9 Å². The second-order valence-corrected chi connectivity index (χ2v) is 7.94. The van der Waals surface area contributed by atoms with E-state index in [1.54, 1.807) is 0 Å². The molecule has 0 saturated heterocycles. The summed E-state index contributed by atoms with van der Waals surface area (Å²) in [6, 6.07) is 23.3. The Hall–Kier alpha value is -4.31. The first-order valence-electron chi connectivity index (χ1n) is 10.2. The fraction of sp³-hybridized carbons (Fsp3) is 0.0833. The number of hydrogen-bond acceptors (Lipinski definition) is 8. The van der Waals surface area contributed by atoms with Gasteiger partial charge in [0.05, 0.1) is 29.5 Å². The standard InChI is InChI=1S/C24H19N5O4S/c1-33-20-14-18(29(31)32)12-13-19(20)25-21(30)15-34-24-26-22(16-8-4-2-5-9-16)23(27-28-24)17-10-6-3-7-11-17/h2-14H,15H2,1H3,(H,25,30). The first-order chi connectivity index (χ1) is 16.5. The predicted octanol–water partition coefficient (Wildman–Crippen LogP) is 4.85. The smallest absolute Gasteiger partial charge is 0.273 e. The number of aromatic nitrogens is 3. The van der Waals surface area contributed by atoms with Crippen LogP contribution in [0.4, 0.5) is 11.4 Å². The Labute approximate surface area is 199 Å². The number of ether oxygens (including phenoxy) is 1. The van der Waals surface area contributed by atoms with Crippen LogP contribution in [0.3, 0.4) is 0 Å². The molecule has 1 aromatic heterocycles. The van der Waals surface area contributed by atoms with Gasteiger partial charge >= 0.3 is 0 Å². The van der Waals surface area contributed by atoms with Gasteiger partial charge in [-0.05, 0) is 6.07 Å². The Morgan fingerprint density at radius 3 is 2.24 bits per heavy atom. The van der Waals surface area contributed by atoms with E-state index in [0.29, 0.717) is 22.2 Å². The molecule has 1 N–H and O–H groups in total. The van der Waals surface area contributed by atoms with Gasteiger partial charge in [0.25, 0.3) is 5.69 Å². The molecule has 0 unspecified atom stereocenters. The van der Waals surface area contributed by atoms with Crippen LogP contribution in [0, 0.1) is 10.1 Å². The molecule has 0 atom stereocenters. The minimum absolute atomic E-state index is 0.0146. The van der Waals surface area contributed by atoms with Crippen molar-refractivity contribution in [1.29, 1.82) is 0 Å². The van der Waals surface area contributed by atoms with Gasteiger partial charge in [-0.15, -0.1) is 10.2 Å². The Kier molecular flexibility index (Phi) is 7.09. The van der Waals surface area contributed by atoms with Crippen LogP contribution in [0.25, 0.3) is 22.5 Å². The molecule has 0 aliphatic rings. The number of hydrogen-bond donors (Lipinski definition) is 1. The molecule has 4 rings (SSSR count). The van der Waals surface area contributed by atoms with Crippen molar-refractivity contribution in [3.8, 4) is 28.3 Å². The van der Waals surface area contributed by atoms with Crippen LogP contribution in [-0.2, 0) is 4.79 Å². The van der Waals surface area contributed by atoms with Crippen LogP contribution >= 0.6 is 11.8 Å². The van der Waals surface area contributed by atoms with E-state index in [1.165, 1.54) is 25.3 Å². The second kappa shape index (κ2) is 10.5. The summed E-state index contributed by atoms with van der Waals surface area (Å²) in [6.07, 6.45) is 0. The van der Waals surface area contributed by atoms with E-state index in [2.05, 4.69) is 20.5 Å². The lowest BCUT2D eigenvalue weighted by Crippen LogP contribution is -2.15. The molecule has 0 spiro atoms. The van der Waals surface area contributed by atoms with E-state index in [-0.39, 0.29) is 23.1 Å². The molecule has 0 fully saturated rings. The number of carbonyl (C=O) groups is 1. The van der Waals surface area contributed by atoms with Gasteiger partial charge in [0.2, 0.25) is 11.1 Å². The second-order valence-electron chi connectivity index (χ2n) is 7.00. The molecule has 0 bridgehead atoms. The van der Waals surface area contributed by atoms with Crippen LogP contribution in [0.5, 0.6) is 5.75 Å². The molecule has 0 radical (unpaired) electrons. The van der Waals surface area contributed by atoms with E-state index in [4.69, 9.17) is 4.74 Å². The molecule has 0 aliphatic heterocycles. The van der Waals surface area contributed by atoms with Crippen molar-refractivity contribution in [2.75, 3.05) is 18.2 Å². The van der Waals surface area contributed by atoms with E-state index in [9.17, 15) is 14.9 Å². The number of non-ortho nitro benzene ring substituents is 1. The fourth-order valence-electron chi connectivity index (χ4n) is 3.17. The van der Waals surface area contributed by atoms with Crippen molar-refractivity contribution >= 4 is 29.0 Å². The lowest BCUT2D eigenvalue weighted by atomic mass is 10.0. The molecule has 0 aliphatic carbocycles. The van der Waals surface area contributed by atoms with Crippen molar-refractivity contribution in [1.82, 2.24) is 15.2 Å². The Bertz CT molecular complexity index is 1320. The Morgan fingerprint density at radius 1 is 0.971 bits per heavy atom. The molecule has 170 valence electrons. The summed E-state index contributed by atoms with van der Waals surface area (Å²) >= 11 is 1.14. The molecule has 34 heavy (non-hydrogen) atoms. The Balaban J connectivity index is 1.52. The van der Waals surface area contributed by atoms with Crippen LogP contribution in [0.2, 0.25) is 0 Å². The first kappa shape index (κ1) is 22.9. The van der Waals surface area contributed by atoms with Crippen LogP contribution in [-0.4, -0.2) is 38.9 Å². The largest absolute Gasteiger partial charge is 0.494 e. The molecule has 0 saturated carbocycles. The summed E-state index contributed by atoms with van der Waals surface area (Å²) in [4.78, 5) is 27.6. The minimum Gasteiger partial charge on any atom is -0.494 e. The lowest BCUT2D eigenvalue weighted by Gasteiger charge is -2.11. The highest BCUT2D eigenvalue weighted by atomic mass is 32.2. The summed E-state index contributed by atoms with van der Waals surface area (Å²) in [5, 5.41) is 22.6. The third-order valence-electron chi connectivity index (χ3n) is 4.76. The van der Waals surface area contributed by atoms with Crippen molar-refractivity contribution in [2.24, 2.45) is 0 Å². The van der Waals surface area contributed by atoms with Gasteiger partial charge < -0.3 is 10.1 Å². The lowest BCUT2D eigenvalue weighted by molar-refractivity contribution is -0.384. The van der Waals surface area contributed by atoms with Gasteiger partial charge in [-0.25, -0.2) is 4.98 Å². The number of nitro groups is 1. The molecule has 1 amide bonds. The van der Waals surface area contributed by atoms with E-state index in [1.807, 2.05) is 60.7 Å². The van der Waals surface area contributed by atoms with Crippen molar-refractivity contribution < 1.29 is 14.5 Å². The van der Waals surface area contributed by atoms with E-state index in [0.717, 1.165) is 22.9 Å². The molecule has 10 heteroatoms. The molecule has 9 nitrogen and oxygen atoms in total. The van der Waals surface area contributed by atoms with Crippen LogP contribution in [0.1, 0.15) is 0 Å². The van der Waals surface area contributed by atoms with Gasteiger partial charge in [0.15, 0.2) is 0 Å². The number of nitrogens with zero attached hydrogens (tertiary/aromatic N) is 4. The quantitative estimate of drug-likeness (QED) is 0.219. The zero-order valence-corrected chi connectivity index (χ0v) is 18.9. The van der Waals surface area contributed by atoms with Crippen molar-refractivity contribution in [3.63, 3.8) is 0 Å². The predicted molar refractivity (Wildman–Crippen MR) is 130 cm³/mol. The number of amides is 1. The number of nitrogens with one attached hydrogen (secondary N) is 1. The number of carbonyl (C=O) groups excluding carboxylic acids is 1. The van der Waals surface area contributed by atoms with Gasteiger partial charge in [0, 0.05) is 17.2 Å². The summed E-state index contributed by atoms with van der Waals surface area (Å²) in [7, 11) is 1.38. The first-order valence-corrected chi connectivity index (χ1v) is 11.1. The zero-order chi connectivity index (χ0) is 23.9. The summed E-state index contributed by atoms with van der Waals surface area (Å²) < 4.78 is 5.16. The molecule has 4 aromatic rings. The van der Waals surface area contributed by atoms with Crippen molar-refractivity contribution in [3.05, 3.63) is 89.0 Å². The minimum atomic E-state index is -0.530. The number of nitro benzene ring substituents is 1. The monoisotopic (exact) mass is 473 g/mol. The molecular formula is C24H19N5O4S. The normalized spacial score (nSPS) is 10.5.